The Hall–Kier alpha value is -0.170. The summed E-state index contributed by atoms with van der Waals surface area (Å²) in [4.78, 5) is 0. The topological polar surface area (TPSA) is 66.6 Å². The molecule has 1 heterocycles. The second kappa shape index (κ2) is 4.84. The Morgan fingerprint density at radius 1 is 1.18 bits per heavy atom. The third-order valence-corrected chi connectivity index (χ3v) is 6.42. The molecule has 0 amide bonds. The van der Waals surface area contributed by atoms with E-state index in [-0.39, 0.29) is 5.54 Å². The molecule has 0 aromatic heterocycles. The molecule has 2 aliphatic rings. The van der Waals surface area contributed by atoms with Gasteiger partial charge in [0, 0.05) is 32.2 Å². The van der Waals surface area contributed by atoms with Gasteiger partial charge in [-0.25, -0.2) is 0 Å². The van der Waals surface area contributed by atoms with E-state index >= 15 is 0 Å². The molecular formula is C11H23N3O2S. The summed E-state index contributed by atoms with van der Waals surface area (Å²) < 4.78 is 28.1. The summed E-state index contributed by atoms with van der Waals surface area (Å²) in [5.41, 5.74) is 5.51. The zero-order valence-electron chi connectivity index (χ0n) is 10.6. The molecular weight excluding hydrogens is 238 g/mol. The summed E-state index contributed by atoms with van der Waals surface area (Å²) in [6, 6.07) is 0. The second-order valence-corrected chi connectivity index (χ2v) is 7.18. The molecule has 1 aliphatic heterocycles. The first-order valence-corrected chi connectivity index (χ1v) is 7.87. The van der Waals surface area contributed by atoms with E-state index in [1.165, 1.54) is 0 Å². The lowest BCUT2D eigenvalue weighted by molar-refractivity contribution is 0.216. The predicted molar refractivity (Wildman–Crippen MR) is 67.7 cm³/mol. The maximum atomic E-state index is 12.5. The Labute approximate surface area is 104 Å². The first kappa shape index (κ1) is 13.3. The fourth-order valence-corrected chi connectivity index (χ4v) is 4.83. The highest BCUT2D eigenvalue weighted by molar-refractivity contribution is 7.86. The maximum Gasteiger partial charge on any atom is 0.282 e. The van der Waals surface area contributed by atoms with Crippen molar-refractivity contribution in [1.82, 2.24) is 8.61 Å². The lowest BCUT2D eigenvalue weighted by Gasteiger charge is -2.38. The average molecular weight is 261 g/mol. The molecule has 5 nitrogen and oxygen atoms in total. The van der Waals surface area contributed by atoms with Crippen LogP contribution in [0.1, 0.15) is 38.5 Å². The highest BCUT2D eigenvalue weighted by Crippen LogP contribution is 2.36. The molecule has 0 aromatic rings. The Kier molecular flexibility index (Phi) is 3.77. The van der Waals surface area contributed by atoms with Crippen LogP contribution in [0.25, 0.3) is 0 Å². The van der Waals surface area contributed by atoms with Gasteiger partial charge in [-0.15, -0.1) is 0 Å². The minimum absolute atomic E-state index is 0.332. The predicted octanol–water partition coefficient (Wildman–Crippen LogP) is 0.530. The molecule has 1 saturated carbocycles. The Balaban J connectivity index is 2.20. The van der Waals surface area contributed by atoms with Gasteiger partial charge in [0.15, 0.2) is 0 Å². The van der Waals surface area contributed by atoms with E-state index in [0.717, 1.165) is 38.5 Å². The van der Waals surface area contributed by atoms with Gasteiger partial charge < -0.3 is 5.73 Å². The van der Waals surface area contributed by atoms with Crippen molar-refractivity contribution in [3.8, 4) is 0 Å². The van der Waals surface area contributed by atoms with Crippen LogP contribution >= 0.6 is 0 Å². The average Bonchev–Trinajstić information content (AvgIpc) is 3.00. The van der Waals surface area contributed by atoms with Gasteiger partial charge >= 0.3 is 0 Å². The van der Waals surface area contributed by atoms with Gasteiger partial charge in [0.05, 0.1) is 0 Å². The molecule has 100 valence electrons. The third kappa shape index (κ3) is 2.23. The van der Waals surface area contributed by atoms with Crippen LogP contribution < -0.4 is 5.73 Å². The normalized spacial score (nSPS) is 25.8. The summed E-state index contributed by atoms with van der Waals surface area (Å²) in [5.74, 6) is 0. The van der Waals surface area contributed by atoms with E-state index in [2.05, 4.69) is 0 Å². The van der Waals surface area contributed by atoms with E-state index < -0.39 is 10.2 Å². The van der Waals surface area contributed by atoms with E-state index in [0.29, 0.717) is 19.6 Å². The summed E-state index contributed by atoms with van der Waals surface area (Å²) in [6.07, 6.45) is 5.90. The minimum atomic E-state index is -3.31. The van der Waals surface area contributed by atoms with E-state index in [1.807, 2.05) is 0 Å². The van der Waals surface area contributed by atoms with E-state index in [1.54, 1.807) is 15.7 Å². The molecule has 0 radical (unpaired) electrons. The van der Waals surface area contributed by atoms with Gasteiger partial charge in [0.25, 0.3) is 10.2 Å². The van der Waals surface area contributed by atoms with E-state index in [4.69, 9.17) is 5.73 Å². The van der Waals surface area contributed by atoms with Crippen molar-refractivity contribution in [2.45, 2.75) is 44.1 Å². The molecule has 2 fully saturated rings. The van der Waals surface area contributed by atoms with Crippen LogP contribution in [0.5, 0.6) is 0 Å². The van der Waals surface area contributed by atoms with Crippen molar-refractivity contribution >= 4 is 10.2 Å². The molecule has 6 heteroatoms. The Morgan fingerprint density at radius 2 is 1.71 bits per heavy atom. The van der Waals surface area contributed by atoms with Gasteiger partial charge in [0.1, 0.15) is 0 Å². The van der Waals surface area contributed by atoms with Crippen molar-refractivity contribution in [3.63, 3.8) is 0 Å². The van der Waals surface area contributed by atoms with Crippen LogP contribution in [0.3, 0.4) is 0 Å². The smallest absolute Gasteiger partial charge is 0.282 e. The van der Waals surface area contributed by atoms with Gasteiger partial charge in [0.2, 0.25) is 0 Å². The summed E-state index contributed by atoms with van der Waals surface area (Å²) in [5, 5.41) is 0. The molecule has 0 aromatic carbocycles. The van der Waals surface area contributed by atoms with Crippen LogP contribution in [-0.4, -0.2) is 49.2 Å². The fourth-order valence-electron chi connectivity index (χ4n) is 3.02. The number of rotatable bonds is 4. The van der Waals surface area contributed by atoms with Gasteiger partial charge in [-0.05, 0) is 25.7 Å². The number of nitrogens with two attached hydrogens (primary N) is 1. The van der Waals surface area contributed by atoms with Crippen molar-refractivity contribution in [2.24, 2.45) is 5.73 Å². The first-order valence-electron chi connectivity index (χ1n) is 6.47. The molecule has 0 unspecified atom stereocenters. The number of likely N-dealkylation sites (N-methyl/N-ethyl adjacent to an activating group) is 1. The molecule has 0 spiro atoms. The van der Waals surface area contributed by atoms with Gasteiger partial charge in [-0.2, -0.15) is 17.0 Å². The van der Waals surface area contributed by atoms with Crippen LogP contribution in [-0.2, 0) is 10.2 Å². The Bertz CT molecular complexity index is 357. The second-order valence-electron chi connectivity index (χ2n) is 5.22. The summed E-state index contributed by atoms with van der Waals surface area (Å²) in [6.45, 7) is 1.75. The number of hydrogen-bond donors (Lipinski definition) is 1. The lowest BCUT2D eigenvalue weighted by Crippen LogP contribution is -2.56. The molecule has 1 aliphatic carbocycles. The minimum Gasteiger partial charge on any atom is -0.329 e. The van der Waals surface area contributed by atoms with Gasteiger partial charge in [-0.3, -0.25) is 0 Å². The highest BCUT2D eigenvalue weighted by Gasteiger charge is 2.44. The van der Waals surface area contributed by atoms with Crippen molar-refractivity contribution in [3.05, 3.63) is 0 Å². The molecule has 0 atom stereocenters. The molecule has 1 saturated heterocycles. The SMILES string of the molecule is CN(C1(CN)CCCC1)S(=O)(=O)N1CCCC1. The van der Waals surface area contributed by atoms with Crippen LogP contribution in [0.2, 0.25) is 0 Å². The van der Waals surface area contributed by atoms with E-state index in [9.17, 15) is 8.42 Å². The first-order chi connectivity index (χ1) is 8.03. The maximum absolute atomic E-state index is 12.5. The summed E-state index contributed by atoms with van der Waals surface area (Å²) in [7, 11) is -1.61. The van der Waals surface area contributed by atoms with Crippen LogP contribution in [0.15, 0.2) is 0 Å². The van der Waals surface area contributed by atoms with Crippen LogP contribution in [0, 0.1) is 0 Å². The fraction of sp³-hybridized carbons (Fsp3) is 1.00. The molecule has 0 bridgehead atoms. The molecule has 17 heavy (non-hydrogen) atoms. The van der Waals surface area contributed by atoms with Crippen molar-refractivity contribution < 1.29 is 8.42 Å². The highest BCUT2D eigenvalue weighted by atomic mass is 32.2. The van der Waals surface area contributed by atoms with Crippen molar-refractivity contribution in [1.29, 1.82) is 0 Å². The van der Waals surface area contributed by atoms with Crippen LogP contribution in [0.4, 0.5) is 0 Å². The van der Waals surface area contributed by atoms with Gasteiger partial charge in [-0.1, -0.05) is 12.8 Å². The standard InChI is InChI=1S/C11H23N3O2S/c1-13(11(10-12)6-2-3-7-11)17(15,16)14-8-4-5-9-14/h2-10,12H2,1H3. The zero-order chi connectivity index (χ0) is 12.5. The quantitative estimate of drug-likeness (QED) is 0.803. The van der Waals surface area contributed by atoms with Crippen molar-refractivity contribution in [2.75, 3.05) is 26.7 Å². The molecule has 2 rings (SSSR count). The zero-order valence-corrected chi connectivity index (χ0v) is 11.4. The molecule has 2 N–H and O–H groups in total. The number of hydrogen-bond acceptors (Lipinski definition) is 3. The largest absolute Gasteiger partial charge is 0.329 e. The summed E-state index contributed by atoms with van der Waals surface area (Å²) >= 11 is 0. The lowest BCUT2D eigenvalue weighted by atomic mass is 9.98. The Morgan fingerprint density at radius 3 is 2.18 bits per heavy atom. The monoisotopic (exact) mass is 261 g/mol. The number of nitrogens with zero attached hydrogens (tertiary/aromatic N) is 2. The third-order valence-electron chi connectivity index (χ3n) is 4.32.